The Morgan fingerprint density at radius 1 is 0.833 bits per heavy atom. The lowest BCUT2D eigenvalue weighted by atomic mass is 9.96. The highest BCUT2D eigenvalue weighted by atomic mass is 19.1. The highest BCUT2D eigenvalue weighted by Crippen LogP contribution is 2.30. The number of hydrogen-bond acceptors (Lipinski definition) is 3. The van der Waals surface area contributed by atoms with Gasteiger partial charge in [-0.05, 0) is 67.5 Å². The summed E-state index contributed by atoms with van der Waals surface area (Å²) in [7, 11) is 0. The van der Waals surface area contributed by atoms with E-state index in [0.29, 0.717) is 29.6 Å². The number of benzene rings is 4. The Balaban J connectivity index is 0.000000253. The second-order valence-electron chi connectivity index (χ2n) is 8.81. The molecule has 0 aliphatic carbocycles. The summed E-state index contributed by atoms with van der Waals surface area (Å²) in [5.74, 6) is 1.39. The van der Waals surface area contributed by atoms with Crippen LogP contribution in [0, 0.1) is 11.7 Å². The Labute approximate surface area is 213 Å². The first kappa shape index (κ1) is 26.7. The van der Waals surface area contributed by atoms with E-state index in [0.717, 1.165) is 17.2 Å². The second-order valence-corrected chi connectivity index (χ2v) is 8.81. The first-order valence-electron chi connectivity index (χ1n) is 12.1. The summed E-state index contributed by atoms with van der Waals surface area (Å²) in [6.45, 7) is 10.4. The van der Waals surface area contributed by atoms with Gasteiger partial charge in [0.05, 0.1) is 5.56 Å². The molecule has 0 aliphatic rings. The summed E-state index contributed by atoms with van der Waals surface area (Å²) < 4.78 is 24.2. The molecule has 1 atom stereocenters. The van der Waals surface area contributed by atoms with Crippen molar-refractivity contribution in [3.05, 3.63) is 120 Å². The van der Waals surface area contributed by atoms with E-state index in [4.69, 9.17) is 9.47 Å². The molecule has 0 amide bonds. The van der Waals surface area contributed by atoms with E-state index in [1.807, 2.05) is 30.3 Å². The zero-order valence-corrected chi connectivity index (χ0v) is 21.2. The van der Waals surface area contributed by atoms with Crippen LogP contribution in [0.25, 0.3) is 10.8 Å². The number of ketones is 1. The number of rotatable bonds is 9. The number of carbonyl (C=O) groups is 1. The van der Waals surface area contributed by atoms with Gasteiger partial charge in [-0.25, -0.2) is 4.39 Å². The number of fused-ring (bicyclic) bond motifs is 1. The molecule has 186 valence electrons. The van der Waals surface area contributed by atoms with Crippen molar-refractivity contribution >= 4 is 16.6 Å². The van der Waals surface area contributed by atoms with Crippen molar-refractivity contribution in [3.8, 4) is 11.5 Å². The van der Waals surface area contributed by atoms with Crippen LogP contribution in [0.3, 0.4) is 0 Å². The minimum atomic E-state index is -0.305. The fraction of sp³-hybridized carbons (Fsp3) is 0.219. The molecule has 1 unspecified atom stereocenters. The fourth-order valence-electron chi connectivity index (χ4n) is 3.65. The molecule has 0 bridgehead atoms. The minimum Gasteiger partial charge on any atom is -0.490 e. The third kappa shape index (κ3) is 7.81. The van der Waals surface area contributed by atoms with Gasteiger partial charge in [0, 0.05) is 5.39 Å². The molecule has 0 radical (unpaired) electrons. The smallest absolute Gasteiger partial charge is 0.163 e. The number of ether oxygens (including phenoxy) is 2. The molecule has 0 aromatic heterocycles. The maximum Gasteiger partial charge on any atom is 0.163 e. The van der Waals surface area contributed by atoms with E-state index in [1.165, 1.54) is 30.2 Å². The van der Waals surface area contributed by atoms with Crippen LogP contribution in [0.15, 0.2) is 103 Å². The first-order chi connectivity index (χ1) is 17.3. The topological polar surface area (TPSA) is 35.5 Å². The predicted octanol–water partition coefficient (Wildman–Crippen LogP) is 8.08. The van der Waals surface area contributed by atoms with Gasteiger partial charge in [0.25, 0.3) is 0 Å². The predicted molar refractivity (Wildman–Crippen MR) is 145 cm³/mol. The quantitative estimate of drug-likeness (QED) is 0.137. The van der Waals surface area contributed by atoms with Gasteiger partial charge < -0.3 is 9.47 Å². The van der Waals surface area contributed by atoms with Gasteiger partial charge in [-0.15, -0.1) is 0 Å². The van der Waals surface area contributed by atoms with E-state index in [9.17, 15) is 9.18 Å². The van der Waals surface area contributed by atoms with Crippen molar-refractivity contribution in [2.75, 3.05) is 13.2 Å². The minimum absolute atomic E-state index is 0.0461. The molecule has 0 saturated carbocycles. The summed E-state index contributed by atoms with van der Waals surface area (Å²) in [6.07, 6.45) is 1.11. The fourth-order valence-corrected chi connectivity index (χ4v) is 3.65. The van der Waals surface area contributed by atoms with Gasteiger partial charge in [0.1, 0.15) is 30.5 Å². The molecule has 0 heterocycles. The van der Waals surface area contributed by atoms with Crippen molar-refractivity contribution in [3.63, 3.8) is 0 Å². The van der Waals surface area contributed by atoms with E-state index in [2.05, 4.69) is 50.8 Å². The molecular formula is C32H33FO3. The van der Waals surface area contributed by atoms with Crippen molar-refractivity contribution in [1.82, 2.24) is 0 Å². The van der Waals surface area contributed by atoms with Crippen molar-refractivity contribution in [2.45, 2.75) is 27.2 Å². The molecule has 4 rings (SSSR count). The van der Waals surface area contributed by atoms with E-state index >= 15 is 0 Å². The first-order valence-corrected chi connectivity index (χ1v) is 12.1. The SMILES string of the molecule is C=C(C)C(C)Cc1ccccc1.CC(=O)c1ccc2ccccc2c1OCCOc1ccc(F)cc1. The number of allylic oxidation sites excluding steroid dienone is 1. The summed E-state index contributed by atoms with van der Waals surface area (Å²) in [5.41, 5.74) is 3.21. The molecule has 0 N–H and O–H groups in total. The Morgan fingerprint density at radius 2 is 1.47 bits per heavy atom. The van der Waals surface area contributed by atoms with Gasteiger partial charge in [-0.3, -0.25) is 4.79 Å². The lowest BCUT2D eigenvalue weighted by molar-refractivity contribution is 0.101. The Morgan fingerprint density at radius 3 is 2.14 bits per heavy atom. The molecule has 0 aliphatic heterocycles. The summed E-state index contributed by atoms with van der Waals surface area (Å²) >= 11 is 0. The van der Waals surface area contributed by atoms with Crippen LogP contribution in [0.2, 0.25) is 0 Å². The summed E-state index contributed by atoms with van der Waals surface area (Å²) in [5, 5.41) is 1.91. The Bertz CT molecular complexity index is 1280. The molecule has 3 nitrogen and oxygen atoms in total. The molecule has 4 aromatic rings. The molecular weight excluding hydrogens is 451 g/mol. The number of carbonyl (C=O) groups excluding carboxylic acids is 1. The Kier molecular flexibility index (Phi) is 9.82. The summed E-state index contributed by atoms with van der Waals surface area (Å²) in [6, 6.07) is 27.8. The number of halogens is 1. The highest BCUT2D eigenvalue weighted by molar-refractivity contribution is 6.03. The normalized spacial score (nSPS) is 11.2. The van der Waals surface area contributed by atoms with Crippen LogP contribution in [0.1, 0.15) is 36.7 Å². The largest absolute Gasteiger partial charge is 0.490 e. The second kappa shape index (κ2) is 13.2. The molecule has 0 spiro atoms. The van der Waals surface area contributed by atoms with Crippen LogP contribution in [0.4, 0.5) is 4.39 Å². The highest BCUT2D eigenvalue weighted by Gasteiger charge is 2.12. The zero-order valence-electron chi connectivity index (χ0n) is 21.2. The van der Waals surface area contributed by atoms with Crippen molar-refractivity contribution in [2.24, 2.45) is 5.92 Å². The molecule has 4 aromatic carbocycles. The van der Waals surface area contributed by atoms with E-state index in [-0.39, 0.29) is 18.2 Å². The van der Waals surface area contributed by atoms with Crippen LogP contribution in [-0.4, -0.2) is 19.0 Å². The molecule has 4 heteroatoms. The van der Waals surface area contributed by atoms with E-state index < -0.39 is 0 Å². The van der Waals surface area contributed by atoms with Crippen molar-refractivity contribution in [1.29, 1.82) is 0 Å². The zero-order chi connectivity index (χ0) is 25.9. The summed E-state index contributed by atoms with van der Waals surface area (Å²) in [4.78, 5) is 11.8. The monoisotopic (exact) mass is 484 g/mol. The average molecular weight is 485 g/mol. The van der Waals surface area contributed by atoms with Gasteiger partial charge in [-0.2, -0.15) is 0 Å². The van der Waals surface area contributed by atoms with Crippen LogP contribution in [0.5, 0.6) is 11.5 Å². The maximum atomic E-state index is 12.9. The third-order valence-electron chi connectivity index (χ3n) is 5.90. The lowest BCUT2D eigenvalue weighted by Crippen LogP contribution is -2.11. The standard InChI is InChI=1S/C20H17FO3.C12H16/c1-14(22)18-11-6-15-4-2-3-5-19(15)20(18)24-13-12-23-17-9-7-16(21)8-10-17;1-10(2)11(3)9-12-7-5-4-6-8-12/h2-11H,12-13H2,1H3;4-8,11H,1,9H2,2-3H3. The van der Waals surface area contributed by atoms with Gasteiger partial charge in [0.15, 0.2) is 5.78 Å². The molecule has 0 fully saturated rings. The van der Waals surface area contributed by atoms with E-state index in [1.54, 1.807) is 18.2 Å². The lowest BCUT2D eigenvalue weighted by Gasteiger charge is -2.13. The third-order valence-corrected chi connectivity index (χ3v) is 5.90. The van der Waals surface area contributed by atoms with Gasteiger partial charge in [-0.1, -0.05) is 79.7 Å². The van der Waals surface area contributed by atoms with Crippen LogP contribution >= 0.6 is 0 Å². The number of hydrogen-bond donors (Lipinski definition) is 0. The molecule has 0 saturated heterocycles. The van der Waals surface area contributed by atoms with Crippen molar-refractivity contribution < 1.29 is 18.7 Å². The van der Waals surface area contributed by atoms with Gasteiger partial charge >= 0.3 is 0 Å². The number of Topliss-reactive ketones (excluding diaryl/α,β-unsaturated/α-hetero) is 1. The maximum absolute atomic E-state index is 12.9. The molecule has 36 heavy (non-hydrogen) atoms. The van der Waals surface area contributed by atoms with Gasteiger partial charge in [0.2, 0.25) is 0 Å². The average Bonchev–Trinajstić information content (AvgIpc) is 2.88. The van der Waals surface area contributed by atoms with Crippen LogP contribution in [-0.2, 0) is 6.42 Å². The van der Waals surface area contributed by atoms with Crippen LogP contribution < -0.4 is 9.47 Å². The Hall–Kier alpha value is -3.92.